The predicted octanol–water partition coefficient (Wildman–Crippen LogP) is 3.42. The Labute approximate surface area is 177 Å². The molecule has 3 aromatic heterocycles. The highest BCUT2D eigenvalue weighted by Crippen LogP contribution is 2.41. The number of nitrogens with zero attached hydrogens (tertiary/aromatic N) is 6. The number of nitriles is 1. The van der Waals surface area contributed by atoms with Crippen LogP contribution in [0.1, 0.15) is 66.1 Å². The molecule has 1 fully saturated rings. The fraction of sp³-hybridized carbons (Fsp3) is 0.476. The summed E-state index contributed by atoms with van der Waals surface area (Å²) < 4.78 is 30.7. The molecule has 0 aliphatic heterocycles. The van der Waals surface area contributed by atoms with Crippen LogP contribution in [0, 0.1) is 24.2 Å². The molecule has 3 heterocycles. The molecule has 1 aliphatic rings. The van der Waals surface area contributed by atoms with Gasteiger partial charge in [0.2, 0.25) is 5.92 Å². The van der Waals surface area contributed by atoms with Crippen LogP contribution in [-0.4, -0.2) is 36.2 Å². The summed E-state index contributed by atoms with van der Waals surface area (Å²) in [6.45, 7) is 4.14. The van der Waals surface area contributed by atoms with E-state index in [2.05, 4.69) is 26.6 Å². The molecular weight excluding hydrogens is 404 g/mol. The van der Waals surface area contributed by atoms with Crippen LogP contribution in [0.15, 0.2) is 24.5 Å². The van der Waals surface area contributed by atoms with Crippen LogP contribution in [0.4, 0.5) is 8.78 Å². The molecule has 1 N–H and O–H groups in total. The average Bonchev–Trinajstić information content (AvgIpc) is 3.38. The fourth-order valence-corrected chi connectivity index (χ4v) is 4.12. The minimum Gasteiger partial charge on any atom is -0.342 e. The SMILES string of the molecule is CCn1nccc1C(=O)NC(c1cn2nc(C)c(C#N)cc2n1)C1CCC(F)(F)CC1. The molecule has 31 heavy (non-hydrogen) atoms. The zero-order valence-electron chi connectivity index (χ0n) is 17.3. The highest BCUT2D eigenvalue weighted by molar-refractivity contribution is 5.92. The van der Waals surface area contributed by atoms with Crippen LogP contribution in [0.25, 0.3) is 5.65 Å². The zero-order chi connectivity index (χ0) is 22.2. The van der Waals surface area contributed by atoms with Crippen LogP contribution in [0.5, 0.6) is 0 Å². The number of halogens is 2. The summed E-state index contributed by atoms with van der Waals surface area (Å²) in [4.78, 5) is 17.6. The Morgan fingerprint density at radius 1 is 1.42 bits per heavy atom. The average molecular weight is 427 g/mol. The van der Waals surface area contributed by atoms with Crippen molar-refractivity contribution in [1.29, 1.82) is 5.26 Å². The third kappa shape index (κ3) is 4.13. The second-order valence-corrected chi connectivity index (χ2v) is 7.90. The number of aryl methyl sites for hydroxylation is 2. The van der Waals surface area contributed by atoms with Crippen molar-refractivity contribution in [2.24, 2.45) is 5.92 Å². The van der Waals surface area contributed by atoms with Crippen molar-refractivity contribution >= 4 is 11.6 Å². The Balaban J connectivity index is 1.69. The lowest BCUT2D eigenvalue weighted by atomic mass is 9.81. The summed E-state index contributed by atoms with van der Waals surface area (Å²) in [5, 5.41) is 20.7. The van der Waals surface area contributed by atoms with E-state index >= 15 is 0 Å². The Morgan fingerprint density at radius 2 is 2.16 bits per heavy atom. The van der Waals surface area contributed by atoms with Gasteiger partial charge in [-0.15, -0.1) is 0 Å². The molecule has 162 valence electrons. The highest BCUT2D eigenvalue weighted by Gasteiger charge is 2.39. The van der Waals surface area contributed by atoms with E-state index in [1.165, 1.54) is 0 Å². The molecule has 1 atom stereocenters. The minimum absolute atomic E-state index is 0.192. The monoisotopic (exact) mass is 427 g/mol. The Hall–Kier alpha value is -3.35. The normalized spacial score (nSPS) is 17.4. The molecule has 0 saturated heterocycles. The molecule has 4 rings (SSSR count). The van der Waals surface area contributed by atoms with Crippen molar-refractivity contribution in [1.82, 2.24) is 29.7 Å². The Kier molecular flexibility index (Phi) is 5.43. The highest BCUT2D eigenvalue weighted by atomic mass is 19.3. The molecule has 1 saturated carbocycles. The number of nitrogens with one attached hydrogen (secondary N) is 1. The van der Waals surface area contributed by atoms with Gasteiger partial charge in [-0.05, 0) is 38.7 Å². The van der Waals surface area contributed by atoms with E-state index in [9.17, 15) is 18.8 Å². The topological polar surface area (TPSA) is 101 Å². The molecule has 0 spiro atoms. The van der Waals surface area contributed by atoms with Gasteiger partial charge in [0.25, 0.3) is 5.91 Å². The summed E-state index contributed by atoms with van der Waals surface area (Å²) in [6.07, 6.45) is 3.35. The third-order valence-corrected chi connectivity index (χ3v) is 5.86. The van der Waals surface area contributed by atoms with E-state index in [1.807, 2.05) is 6.92 Å². The Bertz CT molecular complexity index is 1150. The lowest BCUT2D eigenvalue weighted by Gasteiger charge is -2.33. The number of carbonyl (C=O) groups is 1. The second kappa shape index (κ2) is 8.06. The third-order valence-electron chi connectivity index (χ3n) is 5.86. The van der Waals surface area contributed by atoms with E-state index in [-0.39, 0.29) is 37.5 Å². The van der Waals surface area contributed by atoms with E-state index in [0.29, 0.717) is 34.8 Å². The summed E-state index contributed by atoms with van der Waals surface area (Å²) in [5.74, 6) is -3.20. The smallest absolute Gasteiger partial charge is 0.270 e. The number of rotatable bonds is 5. The quantitative estimate of drug-likeness (QED) is 0.672. The summed E-state index contributed by atoms with van der Waals surface area (Å²) in [5.41, 5.74) is 2.38. The first-order valence-electron chi connectivity index (χ1n) is 10.3. The molecule has 1 amide bonds. The van der Waals surface area contributed by atoms with Gasteiger partial charge < -0.3 is 5.32 Å². The molecule has 0 bridgehead atoms. The number of alkyl halides is 2. The maximum Gasteiger partial charge on any atom is 0.270 e. The van der Waals surface area contributed by atoms with E-state index in [0.717, 1.165) is 0 Å². The van der Waals surface area contributed by atoms with Gasteiger partial charge in [0.05, 0.1) is 29.2 Å². The first-order valence-corrected chi connectivity index (χ1v) is 10.3. The number of hydrogen-bond acceptors (Lipinski definition) is 5. The standard InChI is InChI=1S/C21H23F2N7O/c1-3-29-17(6-9-25-29)20(31)27-19(14-4-7-21(22,23)8-5-14)16-12-30-18(26-16)10-15(11-24)13(2)28-30/h6,9-10,12,14,19H,3-5,7-8H2,1-2H3,(H,27,31). The van der Waals surface area contributed by atoms with Crippen LogP contribution in [0.3, 0.4) is 0 Å². The molecule has 10 heteroatoms. The molecule has 0 aromatic carbocycles. The number of amides is 1. The molecule has 8 nitrogen and oxygen atoms in total. The number of fused-ring (bicyclic) bond motifs is 1. The fourth-order valence-electron chi connectivity index (χ4n) is 4.12. The Morgan fingerprint density at radius 3 is 2.84 bits per heavy atom. The van der Waals surface area contributed by atoms with Gasteiger partial charge in [0.15, 0.2) is 5.65 Å². The number of imidazole rings is 1. The van der Waals surface area contributed by atoms with Crippen molar-refractivity contribution < 1.29 is 13.6 Å². The maximum atomic E-state index is 13.8. The van der Waals surface area contributed by atoms with Crippen LogP contribution < -0.4 is 5.32 Å². The van der Waals surface area contributed by atoms with E-state index < -0.39 is 12.0 Å². The van der Waals surface area contributed by atoms with Crippen molar-refractivity contribution in [3.63, 3.8) is 0 Å². The molecule has 3 aromatic rings. The second-order valence-electron chi connectivity index (χ2n) is 7.90. The van der Waals surface area contributed by atoms with Crippen LogP contribution in [0.2, 0.25) is 0 Å². The maximum absolute atomic E-state index is 13.8. The first-order chi connectivity index (χ1) is 14.8. The number of carbonyl (C=O) groups excluding carboxylic acids is 1. The van der Waals surface area contributed by atoms with Gasteiger partial charge in [0.1, 0.15) is 11.8 Å². The lowest BCUT2D eigenvalue weighted by molar-refractivity contribution is -0.0495. The molecule has 1 unspecified atom stereocenters. The number of aromatic nitrogens is 5. The van der Waals surface area contributed by atoms with Gasteiger partial charge >= 0.3 is 0 Å². The van der Waals surface area contributed by atoms with Crippen molar-refractivity contribution in [2.45, 2.75) is 58.0 Å². The predicted molar refractivity (Wildman–Crippen MR) is 107 cm³/mol. The molecule has 0 radical (unpaired) electrons. The van der Waals surface area contributed by atoms with Gasteiger partial charge in [-0.25, -0.2) is 18.3 Å². The number of hydrogen-bond donors (Lipinski definition) is 1. The summed E-state index contributed by atoms with van der Waals surface area (Å²) in [6, 6.07) is 4.78. The van der Waals surface area contributed by atoms with Gasteiger partial charge in [-0.3, -0.25) is 9.48 Å². The lowest BCUT2D eigenvalue weighted by Crippen LogP contribution is -2.38. The summed E-state index contributed by atoms with van der Waals surface area (Å²) >= 11 is 0. The minimum atomic E-state index is -2.68. The van der Waals surface area contributed by atoms with Crippen LogP contribution >= 0.6 is 0 Å². The molecule has 1 aliphatic carbocycles. The van der Waals surface area contributed by atoms with Crippen LogP contribution in [-0.2, 0) is 6.54 Å². The van der Waals surface area contributed by atoms with Gasteiger partial charge in [-0.2, -0.15) is 15.5 Å². The van der Waals surface area contributed by atoms with Crippen molar-refractivity contribution in [3.05, 3.63) is 47.2 Å². The molecular formula is C21H23F2N7O. The van der Waals surface area contributed by atoms with E-state index in [4.69, 9.17) is 0 Å². The van der Waals surface area contributed by atoms with Gasteiger partial charge in [-0.1, -0.05) is 0 Å². The van der Waals surface area contributed by atoms with Gasteiger partial charge in [0, 0.05) is 31.6 Å². The first kappa shape index (κ1) is 20.9. The largest absolute Gasteiger partial charge is 0.342 e. The van der Waals surface area contributed by atoms with Crippen molar-refractivity contribution in [3.8, 4) is 6.07 Å². The zero-order valence-corrected chi connectivity index (χ0v) is 17.3. The summed E-state index contributed by atoms with van der Waals surface area (Å²) in [7, 11) is 0. The van der Waals surface area contributed by atoms with Crippen molar-refractivity contribution in [2.75, 3.05) is 0 Å². The van der Waals surface area contributed by atoms with E-state index in [1.54, 1.807) is 40.6 Å².